The van der Waals surface area contributed by atoms with Crippen molar-refractivity contribution in [3.05, 3.63) is 45.6 Å². The van der Waals surface area contributed by atoms with Crippen molar-refractivity contribution in [2.45, 2.75) is 0 Å². The molecular weight excluding hydrogens is 295 g/mol. The van der Waals surface area contributed by atoms with Gasteiger partial charge in [-0.1, -0.05) is 35.1 Å². The molecule has 7 heteroatoms. The molecule has 0 radical (unpaired) electrons. The normalized spacial score (nSPS) is 10.3. The van der Waals surface area contributed by atoms with Crippen LogP contribution in [0.2, 0.25) is 5.02 Å². The first-order valence-corrected chi connectivity index (χ1v) is 6.33. The van der Waals surface area contributed by atoms with E-state index in [9.17, 15) is 9.59 Å². The number of anilines is 1. The molecule has 0 aliphatic heterocycles. The molecule has 92 valence electrons. The highest BCUT2D eigenvalue weighted by atomic mass is 35.5. The fraction of sp³-hybridized carbons (Fsp3) is 0. The number of benzene rings is 1. The minimum Gasteiger partial charge on any atom is -0.389 e. The molecule has 0 fully saturated rings. The van der Waals surface area contributed by atoms with Crippen LogP contribution >= 0.6 is 34.5 Å². The number of carbonyl (C=O) groups excluding carboxylic acids is 2. The predicted molar refractivity (Wildman–Crippen MR) is 71.6 cm³/mol. The van der Waals surface area contributed by atoms with Crippen LogP contribution in [0.25, 0.3) is 0 Å². The van der Waals surface area contributed by atoms with E-state index < -0.39 is 5.24 Å². The highest BCUT2D eigenvalue weighted by Gasteiger charge is 2.21. The Kier molecular flexibility index (Phi) is 3.65. The summed E-state index contributed by atoms with van der Waals surface area (Å²) >= 11 is 12.1. The quantitative estimate of drug-likeness (QED) is 0.698. The lowest BCUT2D eigenvalue weighted by molar-refractivity contribution is 0.103. The van der Waals surface area contributed by atoms with Crippen LogP contribution in [-0.2, 0) is 0 Å². The molecule has 0 atom stereocenters. The molecule has 0 aliphatic rings. The van der Waals surface area contributed by atoms with Gasteiger partial charge in [-0.2, -0.15) is 0 Å². The maximum atomic E-state index is 12.1. The van der Waals surface area contributed by atoms with Crippen molar-refractivity contribution in [2.75, 3.05) is 5.73 Å². The number of hydrogen-bond acceptors (Lipinski definition) is 5. The van der Waals surface area contributed by atoms with Crippen molar-refractivity contribution in [1.29, 1.82) is 0 Å². The Morgan fingerprint density at radius 3 is 2.50 bits per heavy atom. The number of rotatable bonds is 3. The van der Waals surface area contributed by atoms with Gasteiger partial charge in [0.15, 0.2) is 10.7 Å². The zero-order chi connectivity index (χ0) is 13.3. The number of carbonyl (C=O) groups is 2. The van der Waals surface area contributed by atoms with Gasteiger partial charge in [-0.15, -0.1) is 0 Å². The topological polar surface area (TPSA) is 73.1 Å². The Hall–Kier alpha value is -1.43. The first-order chi connectivity index (χ1) is 8.50. The summed E-state index contributed by atoms with van der Waals surface area (Å²) in [5.41, 5.74) is 5.77. The van der Waals surface area contributed by atoms with Gasteiger partial charge < -0.3 is 5.73 Å². The van der Waals surface area contributed by atoms with Crippen LogP contribution in [-0.4, -0.2) is 16.0 Å². The molecule has 1 aromatic heterocycles. The summed E-state index contributed by atoms with van der Waals surface area (Å²) in [6.45, 7) is 0. The molecule has 2 aromatic rings. The van der Waals surface area contributed by atoms with Crippen molar-refractivity contribution in [1.82, 2.24) is 4.98 Å². The second-order valence-electron chi connectivity index (χ2n) is 3.31. The highest BCUT2D eigenvalue weighted by molar-refractivity contribution is 7.18. The molecule has 0 spiro atoms. The summed E-state index contributed by atoms with van der Waals surface area (Å²) in [6.07, 6.45) is 0. The molecule has 1 heterocycles. The Labute approximate surface area is 116 Å². The van der Waals surface area contributed by atoms with Gasteiger partial charge >= 0.3 is 0 Å². The molecule has 0 saturated heterocycles. The maximum Gasteiger partial charge on any atom is 0.273 e. The number of aromatic nitrogens is 1. The average molecular weight is 301 g/mol. The lowest BCUT2D eigenvalue weighted by Gasteiger charge is -1.99. The van der Waals surface area contributed by atoms with E-state index in [2.05, 4.69) is 4.98 Å². The summed E-state index contributed by atoms with van der Waals surface area (Å²) in [5, 5.41) is -0.271. The van der Waals surface area contributed by atoms with Crippen LogP contribution in [0.15, 0.2) is 24.3 Å². The zero-order valence-corrected chi connectivity index (χ0v) is 11.1. The predicted octanol–water partition coefficient (Wildman–Crippen LogP) is 2.99. The molecule has 2 rings (SSSR count). The maximum absolute atomic E-state index is 12.1. The van der Waals surface area contributed by atoms with E-state index in [4.69, 9.17) is 28.9 Å². The van der Waals surface area contributed by atoms with Gasteiger partial charge in [0.05, 0.1) is 5.02 Å². The Morgan fingerprint density at radius 1 is 1.28 bits per heavy atom. The second-order valence-corrected chi connectivity index (χ2v) is 5.10. The second kappa shape index (κ2) is 5.06. The number of ketones is 1. The zero-order valence-electron chi connectivity index (χ0n) is 8.81. The summed E-state index contributed by atoms with van der Waals surface area (Å²) in [5.74, 6) is -0.388. The number of halogens is 2. The molecule has 0 aliphatic carbocycles. The number of nitrogen functional groups attached to an aromatic ring is 1. The first kappa shape index (κ1) is 13.0. The molecule has 0 unspecified atom stereocenters. The van der Waals surface area contributed by atoms with E-state index in [0.29, 0.717) is 10.6 Å². The minimum atomic E-state index is -0.790. The molecular formula is C11H6Cl2N2O2S. The van der Waals surface area contributed by atoms with E-state index in [-0.39, 0.29) is 21.5 Å². The molecule has 2 N–H and O–H groups in total. The monoisotopic (exact) mass is 300 g/mol. The molecule has 4 nitrogen and oxygen atoms in total. The van der Waals surface area contributed by atoms with Crippen molar-refractivity contribution in [3.8, 4) is 0 Å². The standard InChI is InChI=1S/C11H6Cl2N2O2S/c12-6-4-2-1-3-5(6)8(16)11-15-7(9(13)17)10(14)18-11/h1-4H,14H2. The third-order valence-electron chi connectivity index (χ3n) is 2.15. The summed E-state index contributed by atoms with van der Waals surface area (Å²) in [6, 6.07) is 6.57. The van der Waals surface area contributed by atoms with Crippen LogP contribution in [0.5, 0.6) is 0 Å². The molecule has 0 saturated carbocycles. The van der Waals surface area contributed by atoms with Crippen molar-refractivity contribution < 1.29 is 9.59 Å². The number of thiazole rings is 1. The van der Waals surface area contributed by atoms with Crippen molar-refractivity contribution >= 4 is 50.6 Å². The van der Waals surface area contributed by atoms with Gasteiger partial charge in [0.1, 0.15) is 5.00 Å². The smallest absolute Gasteiger partial charge is 0.273 e. The summed E-state index contributed by atoms with van der Waals surface area (Å²) in [4.78, 5) is 26.9. The molecule has 0 amide bonds. The van der Waals surface area contributed by atoms with Crippen LogP contribution < -0.4 is 5.73 Å². The fourth-order valence-electron chi connectivity index (χ4n) is 1.33. The minimum absolute atomic E-state index is 0.0876. The summed E-state index contributed by atoms with van der Waals surface area (Å²) < 4.78 is 0. The van der Waals surface area contributed by atoms with Crippen molar-refractivity contribution in [2.24, 2.45) is 0 Å². The SMILES string of the molecule is Nc1sc(C(=O)c2ccccc2Cl)nc1C(=O)Cl. The van der Waals surface area contributed by atoms with Gasteiger partial charge in [0.25, 0.3) is 5.24 Å². The van der Waals surface area contributed by atoms with Gasteiger partial charge in [-0.3, -0.25) is 9.59 Å². The molecule has 0 bridgehead atoms. The van der Waals surface area contributed by atoms with Gasteiger partial charge in [-0.05, 0) is 23.7 Å². The largest absolute Gasteiger partial charge is 0.389 e. The van der Waals surface area contributed by atoms with Crippen LogP contribution in [0, 0.1) is 0 Å². The van der Waals surface area contributed by atoms with E-state index in [1.807, 2.05) is 0 Å². The van der Waals surface area contributed by atoms with Gasteiger partial charge in [0, 0.05) is 5.56 Å². The Bertz CT molecular complexity index is 640. The fourth-order valence-corrected chi connectivity index (χ4v) is 2.53. The van der Waals surface area contributed by atoms with E-state index in [1.54, 1.807) is 24.3 Å². The van der Waals surface area contributed by atoms with Gasteiger partial charge in [0.2, 0.25) is 5.78 Å². The third kappa shape index (κ3) is 2.38. The van der Waals surface area contributed by atoms with Gasteiger partial charge in [-0.25, -0.2) is 4.98 Å². The molecule has 1 aromatic carbocycles. The lowest BCUT2D eigenvalue weighted by Crippen LogP contribution is -2.02. The number of nitrogens with two attached hydrogens (primary N) is 1. The number of nitrogens with zero attached hydrogens (tertiary/aromatic N) is 1. The Balaban J connectivity index is 2.44. The third-order valence-corrected chi connectivity index (χ3v) is 3.54. The van der Waals surface area contributed by atoms with E-state index in [0.717, 1.165) is 11.3 Å². The lowest BCUT2D eigenvalue weighted by atomic mass is 10.1. The first-order valence-electron chi connectivity index (χ1n) is 4.76. The molecule has 18 heavy (non-hydrogen) atoms. The van der Waals surface area contributed by atoms with E-state index in [1.165, 1.54) is 0 Å². The summed E-state index contributed by atoms with van der Waals surface area (Å²) in [7, 11) is 0. The number of hydrogen-bond donors (Lipinski definition) is 1. The highest BCUT2D eigenvalue weighted by Crippen LogP contribution is 2.26. The van der Waals surface area contributed by atoms with Crippen molar-refractivity contribution in [3.63, 3.8) is 0 Å². The van der Waals surface area contributed by atoms with Crippen LogP contribution in [0.4, 0.5) is 5.00 Å². The van der Waals surface area contributed by atoms with Crippen LogP contribution in [0.3, 0.4) is 0 Å². The van der Waals surface area contributed by atoms with Crippen LogP contribution in [0.1, 0.15) is 25.9 Å². The average Bonchev–Trinajstić information content (AvgIpc) is 2.71. The van der Waals surface area contributed by atoms with E-state index >= 15 is 0 Å². The Morgan fingerprint density at radius 2 is 1.94 bits per heavy atom.